The molecule has 98 valence electrons. The number of nitrogens with one attached hydrogen (secondary N) is 1. The maximum atomic E-state index is 12.2. The number of likely N-dealkylation sites (tertiary alicyclic amines) is 1. The number of carbonyl (C=O) groups excluding carboxylic acids is 1. The van der Waals surface area contributed by atoms with Crippen LogP contribution in [0.5, 0.6) is 0 Å². The van der Waals surface area contributed by atoms with Crippen molar-refractivity contribution in [2.75, 3.05) is 26.2 Å². The summed E-state index contributed by atoms with van der Waals surface area (Å²) in [5.41, 5.74) is 1.18. The molecule has 3 heterocycles. The van der Waals surface area contributed by atoms with Gasteiger partial charge in [-0.1, -0.05) is 0 Å². The molecule has 1 amide bonds. The molecule has 1 spiro atoms. The van der Waals surface area contributed by atoms with E-state index >= 15 is 0 Å². The largest absolute Gasteiger partial charge is 0.472 e. The predicted molar refractivity (Wildman–Crippen MR) is 68.4 cm³/mol. The quantitative estimate of drug-likeness (QED) is 0.825. The SMILES string of the molecule is O=C(c1ccoc1)N1CCC2(CCNCC2)CC1. The predicted octanol–water partition coefficient (Wildman–Crippen LogP) is 1.89. The highest BCUT2D eigenvalue weighted by Gasteiger charge is 2.36. The van der Waals surface area contributed by atoms with Crippen LogP contribution < -0.4 is 5.32 Å². The van der Waals surface area contributed by atoms with E-state index in [9.17, 15) is 4.79 Å². The lowest BCUT2D eigenvalue weighted by Crippen LogP contribution is -2.47. The average Bonchev–Trinajstić information content (AvgIpc) is 2.94. The number of piperidine rings is 2. The molecule has 0 radical (unpaired) electrons. The topological polar surface area (TPSA) is 45.5 Å². The first-order valence-electron chi connectivity index (χ1n) is 6.81. The minimum atomic E-state index is 0.118. The van der Waals surface area contributed by atoms with Crippen molar-refractivity contribution in [3.63, 3.8) is 0 Å². The first-order chi connectivity index (χ1) is 8.79. The summed E-state index contributed by atoms with van der Waals surface area (Å²) in [7, 11) is 0. The van der Waals surface area contributed by atoms with E-state index in [0.717, 1.165) is 39.0 Å². The van der Waals surface area contributed by atoms with Gasteiger partial charge >= 0.3 is 0 Å². The number of hydrogen-bond acceptors (Lipinski definition) is 3. The van der Waals surface area contributed by atoms with Crippen molar-refractivity contribution in [2.24, 2.45) is 5.41 Å². The Labute approximate surface area is 107 Å². The van der Waals surface area contributed by atoms with Crippen molar-refractivity contribution in [1.29, 1.82) is 0 Å². The van der Waals surface area contributed by atoms with Crippen molar-refractivity contribution in [3.8, 4) is 0 Å². The van der Waals surface area contributed by atoms with Gasteiger partial charge in [0.1, 0.15) is 6.26 Å². The van der Waals surface area contributed by atoms with Crippen LogP contribution in [0.25, 0.3) is 0 Å². The average molecular weight is 248 g/mol. The molecule has 4 nitrogen and oxygen atoms in total. The van der Waals surface area contributed by atoms with Gasteiger partial charge < -0.3 is 14.6 Å². The number of hydrogen-bond donors (Lipinski definition) is 1. The van der Waals surface area contributed by atoms with Crippen molar-refractivity contribution < 1.29 is 9.21 Å². The normalized spacial score (nSPS) is 23.2. The molecular weight excluding hydrogens is 228 g/mol. The standard InChI is InChI=1S/C14H20N2O2/c17-13(12-1-10-18-11-12)16-8-4-14(5-9-16)2-6-15-7-3-14/h1,10-11,15H,2-9H2. The molecule has 18 heavy (non-hydrogen) atoms. The third kappa shape index (κ3) is 2.17. The van der Waals surface area contributed by atoms with Gasteiger partial charge in [-0.3, -0.25) is 4.79 Å². The molecule has 0 unspecified atom stereocenters. The highest BCUT2D eigenvalue weighted by molar-refractivity contribution is 5.93. The van der Waals surface area contributed by atoms with E-state index in [1.807, 2.05) is 4.90 Å². The lowest BCUT2D eigenvalue weighted by atomic mass is 9.71. The second kappa shape index (κ2) is 4.76. The van der Waals surface area contributed by atoms with Gasteiger partial charge in [0.25, 0.3) is 5.91 Å². The van der Waals surface area contributed by atoms with Crippen LogP contribution in [0.15, 0.2) is 23.0 Å². The summed E-state index contributed by atoms with van der Waals surface area (Å²) in [5, 5.41) is 3.42. The van der Waals surface area contributed by atoms with Gasteiger partial charge in [-0.2, -0.15) is 0 Å². The number of carbonyl (C=O) groups is 1. The molecule has 0 aromatic carbocycles. The molecule has 4 heteroatoms. The van der Waals surface area contributed by atoms with Crippen molar-refractivity contribution in [3.05, 3.63) is 24.2 Å². The lowest BCUT2D eigenvalue weighted by molar-refractivity contribution is 0.0495. The molecule has 1 aromatic rings. The maximum absolute atomic E-state index is 12.2. The minimum absolute atomic E-state index is 0.118. The Morgan fingerprint density at radius 2 is 1.94 bits per heavy atom. The summed E-state index contributed by atoms with van der Waals surface area (Å²) in [6.07, 6.45) is 7.93. The third-order valence-electron chi connectivity index (χ3n) is 4.54. The smallest absolute Gasteiger partial charge is 0.257 e. The van der Waals surface area contributed by atoms with Crippen LogP contribution in [0.1, 0.15) is 36.0 Å². The summed E-state index contributed by atoms with van der Waals surface area (Å²) in [5.74, 6) is 0.118. The van der Waals surface area contributed by atoms with E-state index in [-0.39, 0.29) is 5.91 Å². The monoisotopic (exact) mass is 248 g/mol. The van der Waals surface area contributed by atoms with E-state index in [1.165, 1.54) is 19.1 Å². The molecule has 0 saturated carbocycles. The van der Waals surface area contributed by atoms with Crippen molar-refractivity contribution in [2.45, 2.75) is 25.7 Å². The van der Waals surface area contributed by atoms with Crippen LogP contribution >= 0.6 is 0 Å². The first-order valence-corrected chi connectivity index (χ1v) is 6.81. The van der Waals surface area contributed by atoms with Crippen LogP contribution in [0.2, 0.25) is 0 Å². The fraction of sp³-hybridized carbons (Fsp3) is 0.643. The maximum Gasteiger partial charge on any atom is 0.257 e. The highest BCUT2D eigenvalue weighted by Crippen LogP contribution is 2.39. The molecule has 0 bridgehead atoms. The van der Waals surface area contributed by atoms with Crippen molar-refractivity contribution >= 4 is 5.91 Å². The van der Waals surface area contributed by atoms with Crippen LogP contribution in [-0.2, 0) is 0 Å². The Morgan fingerprint density at radius 3 is 2.56 bits per heavy atom. The first kappa shape index (κ1) is 11.8. The second-order valence-corrected chi connectivity index (χ2v) is 5.55. The van der Waals surface area contributed by atoms with Gasteiger partial charge in [0.2, 0.25) is 0 Å². The third-order valence-corrected chi connectivity index (χ3v) is 4.54. The van der Waals surface area contributed by atoms with E-state index in [0.29, 0.717) is 11.0 Å². The molecule has 1 N–H and O–H groups in total. The molecule has 2 aliphatic rings. The summed E-state index contributed by atoms with van der Waals surface area (Å²) < 4.78 is 4.98. The van der Waals surface area contributed by atoms with Gasteiger partial charge in [0.15, 0.2) is 0 Å². The molecule has 2 aliphatic heterocycles. The lowest BCUT2D eigenvalue weighted by Gasteiger charge is -2.44. The summed E-state index contributed by atoms with van der Waals surface area (Å²) >= 11 is 0. The van der Waals surface area contributed by atoms with Gasteiger partial charge in [0, 0.05) is 13.1 Å². The van der Waals surface area contributed by atoms with Gasteiger partial charge in [-0.25, -0.2) is 0 Å². The van der Waals surface area contributed by atoms with E-state index in [1.54, 1.807) is 12.3 Å². The summed E-state index contributed by atoms with van der Waals surface area (Å²) in [4.78, 5) is 14.2. The zero-order chi connectivity index (χ0) is 12.4. The minimum Gasteiger partial charge on any atom is -0.472 e. The van der Waals surface area contributed by atoms with Gasteiger partial charge in [0.05, 0.1) is 11.8 Å². The Kier molecular flexibility index (Phi) is 3.12. The van der Waals surface area contributed by atoms with E-state index in [2.05, 4.69) is 5.32 Å². The molecule has 2 fully saturated rings. The Balaban J connectivity index is 1.61. The van der Waals surface area contributed by atoms with Gasteiger partial charge in [-0.15, -0.1) is 0 Å². The highest BCUT2D eigenvalue weighted by atomic mass is 16.3. The molecule has 3 rings (SSSR count). The Morgan fingerprint density at radius 1 is 1.22 bits per heavy atom. The fourth-order valence-electron chi connectivity index (χ4n) is 3.21. The molecule has 1 aromatic heterocycles. The van der Waals surface area contributed by atoms with E-state index in [4.69, 9.17) is 4.42 Å². The van der Waals surface area contributed by atoms with Gasteiger partial charge in [-0.05, 0) is 50.3 Å². The van der Waals surface area contributed by atoms with E-state index < -0.39 is 0 Å². The van der Waals surface area contributed by atoms with Crippen LogP contribution in [0.4, 0.5) is 0 Å². The molecule has 2 saturated heterocycles. The molecule has 0 aliphatic carbocycles. The summed E-state index contributed by atoms with van der Waals surface area (Å²) in [6, 6.07) is 1.75. The van der Waals surface area contributed by atoms with Crippen molar-refractivity contribution in [1.82, 2.24) is 10.2 Å². The number of furan rings is 1. The zero-order valence-corrected chi connectivity index (χ0v) is 10.7. The van der Waals surface area contributed by atoms with Crippen LogP contribution in [-0.4, -0.2) is 37.0 Å². The molecule has 0 atom stereocenters. The Hall–Kier alpha value is -1.29. The van der Waals surface area contributed by atoms with Crippen LogP contribution in [0.3, 0.4) is 0 Å². The second-order valence-electron chi connectivity index (χ2n) is 5.55. The Bertz CT molecular complexity index is 397. The number of nitrogens with zero attached hydrogens (tertiary/aromatic N) is 1. The number of amides is 1. The fourth-order valence-corrected chi connectivity index (χ4v) is 3.21. The van der Waals surface area contributed by atoms with Crippen LogP contribution in [0, 0.1) is 5.41 Å². The summed E-state index contributed by atoms with van der Waals surface area (Å²) in [6.45, 7) is 4.05. The number of rotatable bonds is 1. The molecular formula is C14H20N2O2. The zero-order valence-electron chi connectivity index (χ0n) is 10.7.